The fraction of sp³-hybridized carbons (Fsp3) is 0.579. The molecule has 8 heteroatoms. The minimum absolute atomic E-state index is 0.0564. The second kappa shape index (κ2) is 9.34. The van der Waals surface area contributed by atoms with E-state index in [9.17, 15) is 19.7 Å². The van der Waals surface area contributed by atoms with Crippen LogP contribution >= 0.6 is 0 Å². The maximum absolute atomic E-state index is 11.6. The Morgan fingerprint density at radius 1 is 1.26 bits per heavy atom. The summed E-state index contributed by atoms with van der Waals surface area (Å²) in [6.07, 6.45) is 0.893. The van der Waals surface area contributed by atoms with E-state index in [0.29, 0.717) is 24.2 Å². The lowest BCUT2D eigenvalue weighted by Gasteiger charge is -2.33. The van der Waals surface area contributed by atoms with Gasteiger partial charge in [-0.05, 0) is 33.3 Å². The van der Waals surface area contributed by atoms with Gasteiger partial charge in [0.25, 0.3) is 5.69 Å². The number of nitrogens with zero attached hydrogens (tertiary/aromatic N) is 1. The van der Waals surface area contributed by atoms with Crippen LogP contribution in [0.3, 0.4) is 0 Å². The molecule has 0 aromatic heterocycles. The van der Waals surface area contributed by atoms with Gasteiger partial charge in [-0.3, -0.25) is 14.9 Å². The van der Waals surface area contributed by atoms with Crippen molar-refractivity contribution in [2.75, 3.05) is 13.7 Å². The van der Waals surface area contributed by atoms with Crippen LogP contribution in [0.15, 0.2) is 12.1 Å². The van der Waals surface area contributed by atoms with Crippen LogP contribution in [0.4, 0.5) is 5.69 Å². The highest BCUT2D eigenvalue weighted by molar-refractivity contribution is 5.75. The van der Waals surface area contributed by atoms with Crippen LogP contribution < -0.4 is 14.8 Å². The van der Waals surface area contributed by atoms with E-state index in [2.05, 4.69) is 5.32 Å². The average Bonchev–Trinajstić information content (AvgIpc) is 2.55. The Hall–Kier alpha value is -2.64. The second-order valence-corrected chi connectivity index (χ2v) is 7.10. The standard InChI is InChI=1S/C19H28N2O6/c1-12(22)8-7-9-27-18-11-16(21(24)25)15(10-17(18)26-6)13(2)19(4,5)20-14(3)23/h10-11,13H,7-9H2,1-6H3,(H,20,23). The number of Topliss-reactive ketones (excluding diaryl/α,β-unsaturated/α-hetero) is 1. The topological polar surface area (TPSA) is 108 Å². The fourth-order valence-electron chi connectivity index (χ4n) is 2.80. The van der Waals surface area contributed by atoms with Crippen LogP contribution in [0.1, 0.15) is 58.9 Å². The van der Waals surface area contributed by atoms with Gasteiger partial charge in [-0.15, -0.1) is 0 Å². The van der Waals surface area contributed by atoms with E-state index in [1.54, 1.807) is 19.9 Å². The van der Waals surface area contributed by atoms with Gasteiger partial charge in [0, 0.05) is 30.4 Å². The Kier molecular flexibility index (Phi) is 7.75. The highest BCUT2D eigenvalue weighted by atomic mass is 16.6. The highest BCUT2D eigenvalue weighted by Crippen LogP contribution is 2.41. The van der Waals surface area contributed by atoms with Crippen LogP contribution in [-0.2, 0) is 9.59 Å². The zero-order chi connectivity index (χ0) is 20.8. The lowest BCUT2D eigenvalue weighted by Crippen LogP contribution is -2.46. The van der Waals surface area contributed by atoms with Crippen LogP contribution in [0.5, 0.6) is 11.5 Å². The second-order valence-electron chi connectivity index (χ2n) is 7.10. The third-order valence-electron chi connectivity index (χ3n) is 4.49. The Labute approximate surface area is 159 Å². The molecule has 1 rings (SSSR count). The number of hydrogen-bond acceptors (Lipinski definition) is 6. The number of nitrogens with one attached hydrogen (secondary N) is 1. The number of hydrogen-bond donors (Lipinski definition) is 1. The van der Waals surface area contributed by atoms with Crippen LogP contribution in [0, 0.1) is 10.1 Å². The van der Waals surface area contributed by atoms with Crippen LogP contribution in [0.25, 0.3) is 0 Å². The van der Waals surface area contributed by atoms with Gasteiger partial charge in [0.2, 0.25) is 5.91 Å². The van der Waals surface area contributed by atoms with Crippen molar-refractivity contribution >= 4 is 17.4 Å². The molecule has 1 aromatic carbocycles. The zero-order valence-corrected chi connectivity index (χ0v) is 16.8. The molecule has 150 valence electrons. The number of amides is 1. The smallest absolute Gasteiger partial charge is 0.276 e. The Bertz CT molecular complexity index is 714. The molecule has 1 amide bonds. The summed E-state index contributed by atoms with van der Waals surface area (Å²) in [5, 5.41) is 14.4. The molecule has 0 saturated carbocycles. The van der Waals surface area contributed by atoms with Gasteiger partial charge in [0.1, 0.15) is 5.78 Å². The van der Waals surface area contributed by atoms with Crippen molar-refractivity contribution in [1.29, 1.82) is 0 Å². The molecule has 1 N–H and O–H groups in total. The zero-order valence-electron chi connectivity index (χ0n) is 16.8. The van der Waals surface area contributed by atoms with Crippen molar-refractivity contribution in [3.8, 4) is 11.5 Å². The first-order chi connectivity index (χ1) is 12.5. The normalized spacial score (nSPS) is 12.2. The Balaban J connectivity index is 3.23. The third-order valence-corrected chi connectivity index (χ3v) is 4.49. The molecular weight excluding hydrogens is 352 g/mol. The molecule has 0 heterocycles. The van der Waals surface area contributed by atoms with E-state index in [1.165, 1.54) is 27.0 Å². The number of nitro groups is 1. The lowest BCUT2D eigenvalue weighted by molar-refractivity contribution is -0.385. The molecule has 1 aromatic rings. The van der Waals surface area contributed by atoms with Crippen molar-refractivity contribution < 1.29 is 24.0 Å². The number of nitro benzene ring substituents is 1. The van der Waals surface area contributed by atoms with E-state index in [-0.39, 0.29) is 35.7 Å². The number of carbonyl (C=O) groups is 2. The summed E-state index contributed by atoms with van der Waals surface area (Å²) >= 11 is 0. The number of ketones is 1. The molecule has 27 heavy (non-hydrogen) atoms. The first kappa shape index (κ1) is 22.4. The van der Waals surface area contributed by atoms with Crippen molar-refractivity contribution in [2.24, 2.45) is 0 Å². The fourth-order valence-corrected chi connectivity index (χ4v) is 2.80. The van der Waals surface area contributed by atoms with Gasteiger partial charge >= 0.3 is 0 Å². The van der Waals surface area contributed by atoms with Gasteiger partial charge in [0.15, 0.2) is 11.5 Å². The predicted octanol–water partition coefficient (Wildman–Crippen LogP) is 3.37. The Morgan fingerprint density at radius 3 is 2.37 bits per heavy atom. The van der Waals surface area contributed by atoms with Crippen molar-refractivity contribution in [2.45, 2.75) is 58.9 Å². The lowest BCUT2D eigenvalue weighted by atomic mass is 9.82. The summed E-state index contributed by atoms with van der Waals surface area (Å²) in [6.45, 7) is 8.58. The predicted molar refractivity (Wildman–Crippen MR) is 101 cm³/mol. The molecule has 0 aliphatic heterocycles. The van der Waals surface area contributed by atoms with E-state index in [0.717, 1.165) is 0 Å². The largest absolute Gasteiger partial charge is 0.493 e. The highest BCUT2D eigenvalue weighted by Gasteiger charge is 2.34. The van der Waals surface area contributed by atoms with Crippen molar-refractivity contribution in [1.82, 2.24) is 5.32 Å². The van der Waals surface area contributed by atoms with Gasteiger partial charge in [-0.2, -0.15) is 0 Å². The molecule has 0 fully saturated rings. The van der Waals surface area contributed by atoms with Gasteiger partial charge in [-0.1, -0.05) is 6.92 Å². The minimum Gasteiger partial charge on any atom is -0.493 e. The van der Waals surface area contributed by atoms with Gasteiger partial charge in [-0.25, -0.2) is 0 Å². The van der Waals surface area contributed by atoms with Gasteiger partial charge in [0.05, 0.1) is 24.7 Å². The molecule has 0 aliphatic rings. The monoisotopic (exact) mass is 380 g/mol. The van der Waals surface area contributed by atoms with E-state index >= 15 is 0 Å². The third kappa shape index (κ3) is 6.23. The SMILES string of the molecule is COc1cc(C(C)C(C)(C)NC(C)=O)c([N+](=O)[O-])cc1OCCCC(C)=O. The van der Waals surface area contributed by atoms with E-state index in [1.807, 2.05) is 6.92 Å². The molecular formula is C19H28N2O6. The first-order valence-corrected chi connectivity index (χ1v) is 8.77. The molecule has 0 bridgehead atoms. The maximum Gasteiger partial charge on any atom is 0.276 e. The molecule has 0 spiro atoms. The summed E-state index contributed by atoms with van der Waals surface area (Å²) < 4.78 is 10.9. The van der Waals surface area contributed by atoms with Crippen LogP contribution in [-0.4, -0.2) is 35.9 Å². The molecule has 1 unspecified atom stereocenters. The maximum atomic E-state index is 11.6. The summed E-state index contributed by atoms with van der Waals surface area (Å²) in [5.41, 5.74) is -0.374. The number of carbonyl (C=O) groups excluding carboxylic acids is 2. The van der Waals surface area contributed by atoms with Crippen molar-refractivity contribution in [3.63, 3.8) is 0 Å². The number of benzene rings is 1. The average molecular weight is 380 g/mol. The van der Waals surface area contributed by atoms with Crippen molar-refractivity contribution in [3.05, 3.63) is 27.8 Å². The summed E-state index contributed by atoms with van der Waals surface area (Å²) in [4.78, 5) is 33.6. The molecule has 0 saturated heterocycles. The Morgan fingerprint density at radius 2 is 1.89 bits per heavy atom. The van der Waals surface area contributed by atoms with E-state index < -0.39 is 10.5 Å². The van der Waals surface area contributed by atoms with Gasteiger partial charge < -0.3 is 19.6 Å². The molecule has 0 aliphatic carbocycles. The quantitative estimate of drug-likeness (QED) is 0.379. The summed E-state index contributed by atoms with van der Waals surface area (Å²) in [5.74, 6) is 0.0974. The number of methoxy groups -OCH3 is 1. The summed E-state index contributed by atoms with van der Waals surface area (Å²) in [7, 11) is 1.46. The number of ether oxygens (including phenoxy) is 2. The molecule has 0 radical (unpaired) electrons. The first-order valence-electron chi connectivity index (χ1n) is 8.77. The minimum atomic E-state index is -0.703. The summed E-state index contributed by atoms with van der Waals surface area (Å²) in [6, 6.07) is 2.91. The molecule has 8 nitrogen and oxygen atoms in total. The van der Waals surface area contributed by atoms with E-state index in [4.69, 9.17) is 9.47 Å². The van der Waals surface area contributed by atoms with Crippen LogP contribution in [0.2, 0.25) is 0 Å². The molecule has 1 atom stereocenters. The number of rotatable bonds is 10.